The zero-order chi connectivity index (χ0) is 11.3. The maximum atomic E-state index is 11.0. The molecular weight excluding hydrogens is 198 g/mol. The van der Waals surface area contributed by atoms with Crippen molar-refractivity contribution in [2.24, 2.45) is 5.73 Å². The lowest BCUT2D eigenvalue weighted by atomic mass is 10.3. The number of methoxy groups -OCH3 is 1. The Kier molecular flexibility index (Phi) is 3.68. The Bertz CT molecular complexity index is 392. The normalized spacial score (nSPS) is 10.5. The van der Waals surface area contributed by atoms with E-state index in [1.807, 2.05) is 0 Å². The van der Waals surface area contributed by atoms with Crippen LogP contribution in [-0.2, 0) is 9.53 Å². The van der Waals surface area contributed by atoms with Gasteiger partial charge >= 0.3 is 5.97 Å². The van der Waals surface area contributed by atoms with Crippen molar-refractivity contribution in [1.29, 1.82) is 0 Å². The summed E-state index contributed by atoms with van der Waals surface area (Å²) in [7, 11) is 1.27. The van der Waals surface area contributed by atoms with Gasteiger partial charge in [0.2, 0.25) is 11.7 Å². The minimum atomic E-state index is -0.537. The number of esters is 1. The summed E-state index contributed by atoms with van der Waals surface area (Å²) in [4.78, 5) is 21.4. The summed E-state index contributed by atoms with van der Waals surface area (Å²) in [6, 6.07) is 3.10. The van der Waals surface area contributed by atoms with Crippen molar-refractivity contribution in [1.82, 2.24) is 0 Å². The van der Waals surface area contributed by atoms with Crippen LogP contribution in [0.25, 0.3) is 6.08 Å². The Morgan fingerprint density at radius 3 is 2.87 bits per heavy atom. The van der Waals surface area contributed by atoms with E-state index in [1.165, 1.54) is 13.2 Å². The molecule has 0 saturated heterocycles. The molecule has 0 saturated carbocycles. The van der Waals surface area contributed by atoms with Crippen LogP contribution in [-0.4, -0.2) is 19.0 Å². The number of carbonyl (C=O) groups excluding carboxylic acids is 2. The van der Waals surface area contributed by atoms with Crippen molar-refractivity contribution in [3.8, 4) is 0 Å². The molecule has 1 amide bonds. The third-order valence-corrected chi connectivity index (χ3v) is 1.61. The first-order valence-corrected chi connectivity index (χ1v) is 4.26. The maximum absolute atomic E-state index is 11.0. The zero-order valence-electron chi connectivity index (χ0n) is 8.23. The van der Waals surface area contributed by atoms with Crippen molar-refractivity contribution in [3.63, 3.8) is 0 Å². The number of hydrogen-bond donors (Lipinski definition) is 1. The topological polar surface area (TPSA) is 82.5 Å². The summed E-state index contributed by atoms with van der Waals surface area (Å²) in [5.41, 5.74) is 4.94. The molecule has 15 heavy (non-hydrogen) atoms. The van der Waals surface area contributed by atoms with Gasteiger partial charge in [-0.1, -0.05) is 6.08 Å². The predicted octanol–water partition coefficient (Wildman–Crippen LogP) is 0.955. The zero-order valence-corrected chi connectivity index (χ0v) is 8.23. The van der Waals surface area contributed by atoms with Crippen LogP contribution in [0.2, 0.25) is 0 Å². The van der Waals surface area contributed by atoms with Gasteiger partial charge in [-0.05, 0) is 18.2 Å². The molecule has 0 aliphatic rings. The van der Waals surface area contributed by atoms with Gasteiger partial charge in [0, 0.05) is 6.42 Å². The smallest absolute Gasteiger partial charge is 0.373 e. The van der Waals surface area contributed by atoms with Gasteiger partial charge in [0.15, 0.2) is 0 Å². The van der Waals surface area contributed by atoms with Crippen molar-refractivity contribution < 1.29 is 18.7 Å². The van der Waals surface area contributed by atoms with Crippen molar-refractivity contribution in [2.75, 3.05) is 7.11 Å². The third kappa shape index (κ3) is 3.30. The molecule has 5 heteroatoms. The van der Waals surface area contributed by atoms with Crippen LogP contribution in [0.3, 0.4) is 0 Å². The lowest BCUT2D eigenvalue weighted by molar-refractivity contribution is -0.117. The fourth-order valence-corrected chi connectivity index (χ4v) is 0.944. The van der Waals surface area contributed by atoms with Gasteiger partial charge in [-0.15, -0.1) is 0 Å². The lowest BCUT2D eigenvalue weighted by Gasteiger charge is -1.91. The van der Waals surface area contributed by atoms with Gasteiger partial charge < -0.3 is 14.9 Å². The Balaban J connectivity index is 2.64. The van der Waals surface area contributed by atoms with E-state index in [1.54, 1.807) is 18.2 Å². The molecule has 0 radical (unpaired) electrons. The molecule has 0 aliphatic carbocycles. The van der Waals surface area contributed by atoms with Gasteiger partial charge in [-0.3, -0.25) is 4.79 Å². The second-order valence-electron chi connectivity index (χ2n) is 2.77. The molecule has 0 atom stereocenters. The monoisotopic (exact) mass is 209 g/mol. The molecule has 1 aromatic rings. The standard InChI is InChI=1S/C10H11NO4/c1-14-10(13)8-6-5-7(15-8)3-2-4-9(11)12/h2-3,5-6H,4H2,1H3,(H2,11,12). The minimum Gasteiger partial charge on any atom is -0.463 e. The van der Waals surface area contributed by atoms with Crippen LogP contribution in [0.4, 0.5) is 0 Å². The van der Waals surface area contributed by atoms with Crippen LogP contribution in [0.15, 0.2) is 22.6 Å². The second kappa shape index (κ2) is 4.99. The molecule has 5 nitrogen and oxygen atoms in total. The molecule has 0 aromatic carbocycles. The summed E-state index contributed by atoms with van der Waals surface area (Å²) in [6.45, 7) is 0. The van der Waals surface area contributed by atoms with E-state index in [0.717, 1.165) is 0 Å². The van der Waals surface area contributed by atoms with E-state index < -0.39 is 11.9 Å². The maximum Gasteiger partial charge on any atom is 0.373 e. The van der Waals surface area contributed by atoms with E-state index in [4.69, 9.17) is 10.2 Å². The van der Waals surface area contributed by atoms with Crippen LogP contribution in [0.5, 0.6) is 0 Å². The molecule has 2 N–H and O–H groups in total. The summed E-state index contributed by atoms with van der Waals surface area (Å²) in [5.74, 6) is -0.372. The first-order chi connectivity index (χ1) is 7.13. The molecule has 1 rings (SSSR count). The van der Waals surface area contributed by atoms with Crippen LogP contribution >= 0.6 is 0 Å². The third-order valence-electron chi connectivity index (χ3n) is 1.61. The summed E-state index contributed by atoms with van der Waals surface area (Å²) < 4.78 is 9.57. The van der Waals surface area contributed by atoms with E-state index in [9.17, 15) is 9.59 Å². The first-order valence-electron chi connectivity index (χ1n) is 4.26. The number of furan rings is 1. The van der Waals surface area contributed by atoms with Gasteiger partial charge in [0.1, 0.15) is 5.76 Å². The molecule has 0 bridgehead atoms. The Labute approximate surface area is 86.5 Å². The molecule has 0 fully saturated rings. The second-order valence-corrected chi connectivity index (χ2v) is 2.77. The Morgan fingerprint density at radius 2 is 2.27 bits per heavy atom. The SMILES string of the molecule is COC(=O)c1ccc(C=CCC(N)=O)o1. The average molecular weight is 209 g/mol. The highest BCUT2D eigenvalue weighted by atomic mass is 16.5. The van der Waals surface area contributed by atoms with Gasteiger partial charge in [0.25, 0.3) is 0 Å². The molecular formula is C10H11NO4. The summed E-state index contributed by atoms with van der Waals surface area (Å²) in [6.07, 6.45) is 3.26. The fourth-order valence-electron chi connectivity index (χ4n) is 0.944. The minimum absolute atomic E-state index is 0.122. The Morgan fingerprint density at radius 1 is 1.53 bits per heavy atom. The van der Waals surface area contributed by atoms with Crippen molar-refractivity contribution in [2.45, 2.75) is 6.42 Å². The van der Waals surface area contributed by atoms with Crippen LogP contribution in [0, 0.1) is 0 Å². The first kappa shape index (κ1) is 11.0. The van der Waals surface area contributed by atoms with Crippen LogP contribution < -0.4 is 5.73 Å². The van der Waals surface area contributed by atoms with E-state index >= 15 is 0 Å². The lowest BCUT2D eigenvalue weighted by Crippen LogP contribution is -2.07. The molecule has 80 valence electrons. The highest BCUT2D eigenvalue weighted by Crippen LogP contribution is 2.10. The molecule has 0 unspecified atom stereocenters. The number of primary amides is 1. The number of hydrogen-bond acceptors (Lipinski definition) is 4. The van der Waals surface area contributed by atoms with Crippen molar-refractivity contribution >= 4 is 18.0 Å². The molecule has 0 aliphatic heterocycles. The van der Waals surface area contributed by atoms with Crippen LogP contribution in [0.1, 0.15) is 22.7 Å². The molecule has 1 heterocycles. The van der Waals surface area contributed by atoms with E-state index in [-0.39, 0.29) is 12.2 Å². The Hall–Kier alpha value is -2.04. The fraction of sp³-hybridized carbons (Fsp3) is 0.200. The summed E-state index contributed by atoms with van der Waals surface area (Å²) in [5, 5.41) is 0. The predicted molar refractivity (Wildman–Crippen MR) is 52.9 cm³/mol. The number of carbonyl (C=O) groups is 2. The van der Waals surface area contributed by atoms with Gasteiger partial charge in [0.05, 0.1) is 7.11 Å². The van der Waals surface area contributed by atoms with E-state index in [2.05, 4.69) is 4.74 Å². The average Bonchev–Trinajstić information content (AvgIpc) is 2.65. The number of ether oxygens (including phenoxy) is 1. The number of rotatable bonds is 4. The van der Waals surface area contributed by atoms with Crippen molar-refractivity contribution in [3.05, 3.63) is 29.7 Å². The number of amides is 1. The molecule has 1 aromatic heterocycles. The quantitative estimate of drug-likeness (QED) is 0.748. The van der Waals surface area contributed by atoms with Gasteiger partial charge in [-0.25, -0.2) is 4.79 Å². The van der Waals surface area contributed by atoms with E-state index in [0.29, 0.717) is 5.76 Å². The number of nitrogens with two attached hydrogens (primary N) is 1. The largest absolute Gasteiger partial charge is 0.463 e. The highest BCUT2D eigenvalue weighted by Gasteiger charge is 2.09. The highest BCUT2D eigenvalue weighted by molar-refractivity contribution is 5.86. The van der Waals surface area contributed by atoms with Gasteiger partial charge in [-0.2, -0.15) is 0 Å². The summed E-state index contributed by atoms with van der Waals surface area (Å²) >= 11 is 0. The molecule has 0 spiro atoms.